The fraction of sp³-hybridized carbons (Fsp3) is 0.478. The van der Waals surface area contributed by atoms with E-state index in [9.17, 15) is 25.5 Å². The third-order valence-electron chi connectivity index (χ3n) is 6.05. The van der Waals surface area contributed by atoms with E-state index in [0.29, 0.717) is 17.9 Å². The van der Waals surface area contributed by atoms with Crippen LogP contribution in [0.3, 0.4) is 0 Å². The molecule has 2 aromatic carbocycles. The second kappa shape index (κ2) is 9.62. The van der Waals surface area contributed by atoms with Crippen LogP contribution >= 0.6 is 0 Å². The smallest absolute Gasteiger partial charge is 0.229 e. The standard InChI is InChI=1S/C23H29NO8/c1-30-17-9-13-6-7-24-16(8-12-2-4-14(26)5-3-12)15(13)10-18(17)31-23-22(29)21(28)20(27)19(11-25)32-23/h2-5,9-10,16,19-29H,6-8,11H2,1H3/t16?,19-,20-,21+,22-,23-/m1/s1. The van der Waals surface area contributed by atoms with E-state index in [0.717, 1.165) is 29.7 Å². The largest absolute Gasteiger partial charge is 0.508 e. The van der Waals surface area contributed by atoms with Crippen LogP contribution in [0.1, 0.15) is 22.7 Å². The van der Waals surface area contributed by atoms with Crippen molar-refractivity contribution < 1.29 is 39.7 Å². The van der Waals surface area contributed by atoms with Crippen LogP contribution < -0.4 is 14.8 Å². The van der Waals surface area contributed by atoms with Gasteiger partial charge in [0.25, 0.3) is 0 Å². The molecule has 0 radical (unpaired) electrons. The van der Waals surface area contributed by atoms with Gasteiger partial charge in [-0.15, -0.1) is 0 Å². The molecule has 4 rings (SSSR count). The molecule has 0 amide bonds. The van der Waals surface area contributed by atoms with E-state index < -0.39 is 37.3 Å². The van der Waals surface area contributed by atoms with Crippen molar-refractivity contribution in [2.75, 3.05) is 20.3 Å². The van der Waals surface area contributed by atoms with Crippen LogP contribution in [-0.2, 0) is 17.6 Å². The average Bonchev–Trinajstić information content (AvgIpc) is 2.80. The predicted octanol–water partition coefficient (Wildman–Crippen LogP) is 0.00900. The van der Waals surface area contributed by atoms with Crippen LogP contribution in [0.25, 0.3) is 0 Å². The Balaban J connectivity index is 1.61. The summed E-state index contributed by atoms with van der Waals surface area (Å²) in [4.78, 5) is 0. The van der Waals surface area contributed by atoms with Crippen molar-refractivity contribution in [3.05, 3.63) is 53.1 Å². The SMILES string of the molecule is COc1cc2c(cc1O[C@@H]1O[C@H](CO)[C@@H](O)[C@H](O)[C@H]1O)C(Cc1ccc(O)cc1)NCC2. The molecule has 0 aromatic heterocycles. The Morgan fingerprint density at radius 3 is 2.47 bits per heavy atom. The van der Waals surface area contributed by atoms with E-state index in [-0.39, 0.29) is 11.8 Å². The molecule has 2 heterocycles. The van der Waals surface area contributed by atoms with Gasteiger partial charge in [0.15, 0.2) is 11.5 Å². The van der Waals surface area contributed by atoms with E-state index in [2.05, 4.69) is 5.32 Å². The summed E-state index contributed by atoms with van der Waals surface area (Å²) in [7, 11) is 1.51. The van der Waals surface area contributed by atoms with Gasteiger partial charge in [-0.25, -0.2) is 0 Å². The zero-order valence-corrected chi connectivity index (χ0v) is 17.7. The summed E-state index contributed by atoms with van der Waals surface area (Å²) in [6, 6.07) is 10.8. The van der Waals surface area contributed by atoms with Gasteiger partial charge in [-0.3, -0.25) is 0 Å². The Morgan fingerprint density at radius 1 is 1.03 bits per heavy atom. The van der Waals surface area contributed by atoms with E-state index in [1.165, 1.54) is 7.11 Å². The first-order valence-electron chi connectivity index (χ1n) is 10.6. The number of rotatable bonds is 6. The average molecular weight is 447 g/mol. The van der Waals surface area contributed by atoms with Crippen LogP contribution in [0, 0.1) is 0 Å². The van der Waals surface area contributed by atoms with E-state index in [1.807, 2.05) is 24.3 Å². The first kappa shape index (κ1) is 22.8. The molecule has 6 N–H and O–H groups in total. The number of benzene rings is 2. The Kier molecular flexibility index (Phi) is 6.85. The normalized spacial score (nSPS) is 29.9. The molecule has 1 fully saturated rings. The molecule has 0 bridgehead atoms. The van der Waals surface area contributed by atoms with Gasteiger partial charge in [0.1, 0.15) is 30.2 Å². The molecular weight excluding hydrogens is 418 g/mol. The summed E-state index contributed by atoms with van der Waals surface area (Å²) >= 11 is 0. The summed E-state index contributed by atoms with van der Waals surface area (Å²) in [5, 5.41) is 52.8. The summed E-state index contributed by atoms with van der Waals surface area (Å²) in [6.45, 7) is 0.260. The minimum absolute atomic E-state index is 0.00801. The number of methoxy groups -OCH3 is 1. The molecule has 2 aliphatic rings. The molecule has 2 aromatic rings. The van der Waals surface area contributed by atoms with Crippen LogP contribution in [0.4, 0.5) is 0 Å². The Morgan fingerprint density at radius 2 is 1.78 bits per heavy atom. The molecule has 174 valence electrons. The lowest BCUT2D eigenvalue weighted by Gasteiger charge is -2.39. The maximum Gasteiger partial charge on any atom is 0.229 e. The van der Waals surface area contributed by atoms with Crippen molar-refractivity contribution in [3.8, 4) is 17.2 Å². The van der Waals surface area contributed by atoms with Crippen LogP contribution in [-0.4, -0.2) is 76.5 Å². The van der Waals surface area contributed by atoms with Gasteiger partial charge in [0.05, 0.1) is 13.7 Å². The van der Waals surface area contributed by atoms with Crippen molar-refractivity contribution >= 4 is 0 Å². The van der Waals surface area contributed by atoms with E-state index >= 15 is 0 Å². The Labute approximate surface area is 185 Å². The number of hydrogen-bond donors (Lipinski definition) is 6. The lowest BCUT2D eigenvalue weighted by Crippen LogP contribution is -2.60. The topological polar surface area (TPSA) is 141 Å². The molecule has 0 aliphatic carbocycles. The van der Waals surface area contributed by atoms with Crippen molar-refractivity contribution in [3.63, 3.8) is 0 Å². The molecule has 0 saturated carbocycles. The van der Waals surface area contributed by atoms with Gasteiger partial charge in [0.2, 0.25) is 6.29 Å². The lowest BCUT2D eigenvalue weighted by atomic mass is 9.90. The van der Waals surface area contributed by atoms with Crippen LogP contribution in [0.5, 0.6) is 17.2 Å². The molecule has 32 heavy (non-hydrogen) atoms. The number of fused-ring (bicyclic) bond motifs is 1. The molecule has 1 unspecified atom stereocenters. The van der Waals surface area contributed by atoms with Gasteiger partial charge in [-0.2, -0.15) is 0 Å². The monoisotopic (exact) mass is 447 g/mol. The second-order valence-corrected chi connectivity index (χ2v) is 8.14. The number of aliphatic hydroxyl groups is 4. The Bertz CT molecular complexity index is 919. The zero-order valence-electron chi connectivity index (χ0n) is 17.7. The van der Waals surface area contributed by atoms with Gasteiger partial charge in [-0.05, 0) is 60.3 Å². The molecular formula is C23H29NO8. The minimum atomic E-state index is -1.53. The number of phenols is 1. The van der Waals surface area contributed by atoms with Gasteiger partial charge in [-0.1, -0.05) is 12.1 Å². The first-order chi connectivity index (χ1) is 15.4. The maximum absolute atomic E-state index is 10.3. The summed E-state index contributed by atoms with van der Waals surface area (Å²) in [5.41, 5.74) is 3.16. The van der Waals surface area contributed by atoms with Crippen molar-refractivity contribution in [1.29, 1.82) is 0 Å². The highest BCUT2D eigenvalue weighted by molar-refractivity contribution is 5.50. The Hall–Kier alpha value is -2.40. The number of phenolic OH excluding ortho intramolecular Hbond substituents is 1. The molecule has 6 atom stereocenters. The predicted molar refractivity (Wildman–Crippen MR) is 114 cm³/mol. The number of aromatic hydroxyl groups is 1. The van der Waals surface area contributed by atoms with Gasteiger partial charge in [0, 0.05) is 6.04 Å². The first-order valence-corrected chi connectivity index (χ1v) is 10.6. The number of ether oxygens (including phenoxy) is 3. The highest BCUT2D eigenvalue weighted by Crippen LogP contribution is 2.38. The number of aliphatic hydroxyl groups excluding tert-OH is 4. The molecule has 2 aliphatic heterocycles. The quantitative estimate of drug-likeness (QED) is 0.361. The minimum Gasteiger partial charge on any atom is -0.508 e. The van der Waals surface area contributed by atoms with Crippen LogP contribution in [0.2, 0.25) is 0 Å². The maximum atomic E-state index is 10.3. The van der Waals surface area contributed by atoms with Crippen molar-refractivity contribution in [2.45, 2.75) is 49.6 Å². The molecule has 9 nitrogen and oxygen atoms in total. The fourth-order valence-electron chi connectivity index (χ4n) is 4.24. The molecule has 9 heteroatoms. The third kappa shape index (κ3) is 4.54. The molecule has 0 spiro atoms. The number of hydrogen-bond acceptors (Lipinski definition) is 9. The van der Waals surface area contributed by atoms with Crippen molar-refractivity contribution in [2.24, 2.45) is 0 Å². The van der Waals surface area contributed by atoms with Crippen molar-refractivity contribution in [1.82, 2.24) is 5.32 Å². The number of nitrogens with one attached hydrogen (secondary N) is 1. The summed E-state index contributed by atoms with van der Waals surface area (Å²) < 4.78 is 16.8. The van der Waals surface area contributed by atoms with Crippen LogP contribution in [0.15, 0.2) is 36.4 Å². The van der Waals surface area contributed by atoms with Gasteiger partial charge < -0.3 is 45.1 Å². The zero-order chi connectivity index (χ0) is 22.8. The second-order valence-electron chi connectivity index (χ2n) is 8.14. The summed E-state index contributed by atoms with van der Waals surface area (Å²) in [6.07, 6.45) is -5.37. The highest BCUT2D eigenvalue weighted by Gasteiger charge is 2.45. The highest BCUT2D eigenvalue weighted by atomic mass is 16.7. The van der Waals surface area contributed by atoms with Gasteiger partial charge >= 0.3 is 0 Å². The molecule has 1 saturated heterocycles. The lowest BCUT2D eigenvalue weighted by molar-refractivity contribution is -0.277. The van der Waals surface area contributed by atoms with E-state index in [1.54, 1.807) is 12.1 Å². The fourth-order valence-corrected chi connectivity index (χ4v) is 4.24. The van der Waals surface area contributed by atoms with E-state index in [4.69, 9.17) is 14.2 Å². The summed E-state index contributed by atoms with van der Waals surface area (Å²) in [5.74, 6) is 0.978. The third-order valence-corrected chi connectivity index (χ3v) is 6.05.